The van der Waals surface area contributed by atoms with Crippen molar-refractivity contribution in [3.8, 4) is 11.3 Å². The highest BCUT2D eigenvalue weighted by Crippen LogP contribution is 2.22. The molecule has 0 saturated carbocycles. The molecule has 1 aromatic carbocycles. The van der Waals surface area contributed by atoms with Crippen LogP contribution in [0.5, 0.6) is 0 Å². The summed E-state index contributed by atoms with van der Waals surface area (Å²) in [5, 5.41) is 0. The molecule has 0 aliphatic heterocycles. The first-order chi connectivity index (χ1) is 11.7. The number of nitrogens with zero attached hydrogens (tertiary/aromatic N) is 3. The smallest absolute Gasteiger partial charge is 0.258 e. The Morgan fingerprint density at radius 1 is 1.12 bits per heavy atom. The van der Waals surface area contributed by atoms with E-state index in [4.69, 9.17) is 0 Å². The second-order valence-corrected chi connectivity index (χ2v) is 5.24. The minimum absolute atomic E-state index is 0.151. The van der Waals surface area contributed by atoms with Gasteiger partial charge in [0.2, 0.25) is 0 Å². The van der Waals surface area contributed by atoms with Gasteiger partial charge in [-0.25, -0.2) is 4.98 Å². The number of hydrogen-bond acceptors (Lipinski definition) is 3. The van der Waals surface area contributed by atoms with Crippen LogP contribution in [0.15, 0.2) is 78.4 Å². The van der Waals surface area contributed by atoms with Gasteiger partial charge < -0.3 is 0 Å². The highest BCUT2D eigenvalue weighted by Gasteiger charge is 2.12. The first-order valence-electron chi connectivity index (χ1n) is 7.62. The average molecular weight is 315 g/mol. The molecule has 3 rings (SSSR count). The van der Waals surface area contributed by atoms with Crippen molar-refractivity contribution in [2.24, 2.45) is 0 Å². The fourth-order valence-corrected chi connectivity index (χ4v) is 2.44. The first kappa shape index (κ1) is 15.6. The summed E-state index contributed by atoms with van der Waals surface area (Å²) in [5.41, 5.74) is 2.92. The number of pyridine rings is 1. The van der Waals surface area contributed by atoms with Crippen molar-refractivity contribution in [1.82, 2.24) is 14.5 Å². The SMILES string of the molecule is C=C(c1ccccc1)c1nc(-c2ccncc2)cc(=O)n1/C=C/C. The summed E-state index contributed by atoms with van der Waals surface area (Å²) >= 11 is 0. The molecule has 4 heteroatoms. The van der Waals surface area contributed by atoms with Crippen LogP contribution in [0.3, 0.4) is 0 Å². The van der Waals surface area contributed by atoms with Crippen molar-refractivity contribution >= 4 is 11.8 Å². The maximum atomic E-state index is 12.6. The van der Waals surface area contributed by atoms with Crippen LogP contribution in [0.25, 0.3) is 23.0 Å². The lowest BCUT2D eigenvalue weighted by atomic mass is 10.1. The zero-order valence-electron chi connectivity index (χ0n) is 13.4. The van der Waals surface area contributed by atoms with Gasteiger partial charge in [0.05, 0.1) is 5.69 Å². The second kappa shape index (κ2) is 6.87. The predicted octanol–water partition coefficient (Wildman–Crippen LogP) is 3.86. The van der Waals surface area contributed by atoms with Crippen LogP contribution >= 0.6 is 0 Å². The van der Waals surface area contributed by atoms with Crippen molar-refractivity contribution in [1.29, 1.82) is 0 Å². The second-order valence-electron chi connectivity index (χ2n) is 5.24. The Labute approximate surface area is 140 Å². The molecule has 0 fully saturated rings. The van der Waals surface area contributed by atoms with Crippen LogP contribution < -0.4 is 5.56 Å². The summed E-state index contributed by atoms with van der Waals surface area (Å²) in [4.78, 5) is 21.3. The quantitative estimate of drug-likeness (QED) is 0.734. The third kappa shape index (κ3) is 3.08. The van der Waals surface area contributed by atoms with Gasteiger partial charge in [-0.05, 0) is 24.6 Å². The van der Waals surface area contributed by atoms with Crippen molar-refractivity contribution < 1.29 is 0 Å². The summed E-state index contributed by atoms with van der Waals surface area (Å²) in [6, 6.07) is 14.9. The molecule has 0 aliphatic carbocycles. The van der Waals surface area contributed by atoms with Gasteiger partial charge in [0, 0.05) is 35.8 Å². The Bertz CT molecular complexity index is 942. The van der Waals surface area contributed by atoms with Crippen LogP contribution in [0.2, 0.25) is 0 Å². The molecule has 2 aromatic heterocycles. The molecule has 0 spiro atoms. The summed E-state index contributed by atoms with van der Waals surface area (Å²) in [6.07, 6.45) is 6.87. The Morgan fingerprint density at radius 3 is 2.50 bits per heavy atom. The van der Waals surface area contributed by atoms with E-state index in [0.717, 1.165) is 11.1 Å². The molecule has 0 radical (unpaired) electrons. The maximum absolute atomic E-state index is 12.6. The molecule has 0 bridgehead atoms. The lowest BCUT2D eigenvalue weighted by molar-refractivity contribution is 0.960. The van der Waals surface area contributed by atoms with Gasteiger partial charge >= 0.3 is 0 Å². The number of rotatable bonds is 4. The average Bonchev–Trinajstić information content (AvgIpc) is 2.64. The van der Waals surface area contributed by atoms with Crippen molar-refractivity contribution in [2.45, 2.75) is 6.92 Å². The Morgan fingerprint density at radius 2 is 1.83 bits per heavy atom. The van der Waals surface area contributed by atoms with E-state index in [-0.39, 0.29) is 5.56 Å². The van der Waals surface area contributed by atoms with E-state index in [2.05, 4.69) is 16.5 Å². The van der Waals surface area contributed by atoms with E-state index in [1.165, 1.54) is 10.6 Å². The summed E-state index contributed by atoms with van der Waals surface area (Å²) < 4.78 is 1.51. The third-order valence-corrected chi connectivity index (χ3v) is 3.62. The Hall–Kier alpha value is -3.27. The van der Waals surface area contributed by atoms with Gasteiger partial charge in [-0.3, -0.25) is 14.3 Å². The highest BCUT2D eigenvalue weighted by atomic mass is 16.1. The molecular weight excluding hydrogens is 298 g/mol. The van der Waals surface area contributed by atoms with Crippen LogP contribution in [-0.2, 0) is 0 Å². The van der Waals surface area contributed by atoms with Crippen molar-refractivity contribution in [3.63, 3.8) is 0 Å². The monoisotopic (exact) mass is 315 g/mol. The molecule has 118 valence electrons. The number of benzene rings is 1. The van der Waals surface area contributed by atoms with Gasteiger partial charge in [-0.1, -0.05) is 43.0 Å². The molecule has 24 heavy (non-hydrogen) atoms. The van der Waals surface area contributed by atoms with Crippen LogP contribution in [0.4, 0.5) is 0 Å². The zero-order valence-corrected chi connectivity index (χ0v) is 13.4. The van der Waals surface area contributed by atoms with E-state index in [9.17, 15) is 4.79 Å². The number of aromatic nitrogens is 3. The van der Waals surface area contributed by atoms with Gasteiger partial charge in [-0.2, -0.15) is 0 Å². The fourth-order valence-electron chi connectivity index (χ4n) is 2.44. The van der Waals surface area contributed by atoms with Crippen molar-refractivity contribution in [2.75, 3.05) is 0 Å². The van der Waals surface area contributed by atoms with Gasteiger partial charge in [0.1, 0.15) is 5.82 Å². The molecule has 0 unspecified atom stereocenters. The summed E-state index contributed by atoms with van der Waals surface area (Å²) in [6.45, 7) is 6.00. The number of hydrogen-bond donors (Lipinski definition) is 0. The van der Waals surface area contributed by atoms with E-state index in [1.807, 2.05) is 49.4 Å². The normalized spacial score (nSPS) is 10.9. The molecule has 0 saturated heterocycles. The number of allylic oxidation sites excluding steroid dienone is 1. The Kier molecular flexibility index (Phi) is 4.47. The van der Waals surface area contributed by atoms with E-state index >= 15 is 0 Å². The van der Waals surface area contributed by atoms with E-state index in [0.29, 0.717) is 17.1 Å². The van der Waals surface area contributed by atoms with E-state index < -0.39 is 0 Å². The Balaban J connectivity index is 2.21. The largest absolute Gasteiger partial charge is 0.269 e. The summed E-state index contributed by atoms with van der Waals surface area (Å²) in [5.74, 6) is 0.526. The third-order valence-electron chi connectivity index (χ3n) is 3.62. The maximum Gasteiger partial charge on any atom is 0.258 e. The molecule has 4 nitrogen and oxygen atoms in total. The molecular formula is C20H17N3O. The van der Waals surface area contributed by atoms with Gasteiger partial charge in [-0.15, -0.1) is 0 Å². The van der Waals surface area contributed by atoms with Gasteiger partial charge in [0.15, 0.2) is 0 Å². The van der Waals surface area contributed by atoms with E-state index in [1.54, 1.807) is 24.7 Å². The topological polar surface area (TPSA) is 47.8 Å². The molecule has 2 heterocycles. The first-order valence-corrected chi connectivity index (χ1v) is 7.62. The van der Waals surface area contributed by atoms with Crippen molar-refractivity contribution in [3.05, 3.63) is 95.3 Å². The molecule has 0 aliphatic rings. The van der Waals surface area contributed by atoms with Crippen LogP contribution in [0.1, 0.15) is 18.3 Å². The lowest BCUT2D eigenvalue weighted by Crippen LogP contribution is -2.20. The van der Waals surface area contributed by atoms with Crippen LogP contribution in [-0.4, -0.2) is 14.5 Å². The molecule has 3 aromatic rings. The fraction of sp³-hybridized carbons (Fsp3) is 0.0500. The lowest BCUT2D eigenvalue weighted by Gasteiger charge is -2.12. The van der Waals surface area contributed by atoms with Crippen LogP contribution in [0, 0.1) is 0 Å². The zero-order chi connectivity index (χ0) is 16.9. The predicted molar refractivity (Wildman–Crippen MR) is 97.3 cm³/mol. The summed E-state index contributed by atoms with van der Waals surface area (Å²) in [7, 11) is 0. The standard InChI is InChI=1S/C20H17N3O/c1-3-13-23-19(24)14-18(17-9-11-21-12-10-17)22-20(23)15(2)16-7-5-4-6-8-16/h3-14H,2H2,1H3/b13-3+. The highest BCUT2D eigenvalue weighted by molar-refractivity contribution is 5.76. The molecule has 0 N–H and O–H groups in total. The van der Waals surface area contributed by atoms with Gasteiger partial charge in [0.25, 0.3) is 5.56 Å². The minimum Gasteiger partial charge on any atom is -0.269 e. The molecule has 0 amide bonds. The minimum atomic E-state index is -0.151. The molecule has 0 atom stereocenters.